The molecule has 1 aromatic heterocycles. The zero-order valence-electron chi connectivity index (χ0n) is 10.7. The van der Waals surface area contributed by atoms with Crippen LogP contribution in [0.25, 0.3) is 0 Å². The Morgan fingerprint density at radius 1 is 1.39 bits per heavy atom. The summed E-state index contributed by atoms with van der Waals surface area (Å²) in [5, 5.41) is 4.35. The number of nitrogens with zero attached hydrogens (tertiary/aromatic N) is 2. The van der Waals surface area contributed by atoms with Crippen LogP contribution in [0.15, 0.2) is 41.1 Å². The van der Waals surface area contributed by atoms with Crippen molar-refractivity contribution < 1.29 is 0 Å². The van der Waals surface area contributed by atoms with Gasteiger partial charge in [0.15, 0.2) is 0 Å². The number of rotatable bonds is 4. The highest BCUT2D eigenvalue weighted by molar-refractivity contribution is 9.10. The number of hydrogen-bond donors (Lipinski definition) is 1. The molecule has 0 aliphatic heterocycles. The van der Waals surface area contributed by atoms with E-state index in [0.717, 1.165) is 28.6 Å². The third kappa shape index (κ3) is 2.65. The van der Waals surface area contributed by atoms with E-state index in [2.05, 4.69) is 34.0 Å². The van der Waals surface area contributed by atoms with E-state index in [4.69, 9.17) is 5.73 Å². The summed E-state index contributed by atoms with van der Waals surface area (Å²) < 4.78 is 2.98. The molecule has 0 aliphatic rings. The third-order valence-electron chi connectivity index (χ3n) is 3.11. The van der Waals surface area contributed by atoms with Crippen molar-refractivity contribution >= 4 is 15.9 Å². The Hall–Kier alpha value is -1.13. The number of benzene rings is 1. The number of halogens is 1. The molecule has 0 fully saturated rings. The first-order chi connectivity index (χ1) is 8.54. The average Bonchev–Trinajstić information content (AvgIpc) is 2.79. The Bertz CT molecular complexity index is 531. The third-order valence-corrected chi connectivity index (χ3v) is 3.60. The summed E-state index contributed by atoms with van der Waals surface area (Å²) in [6, 6.07) is 8.10. The number of aryl methyl sites for hydroxylation is 1. The summed E-state index contributed by atoms with van der Waals surface area (Å²) in [6.45, 7) is 5.08. The Morgan fingerprint density at radius 2 is 2.17 bits per heavy atom. The Kier molecular flexibility index (Phi) is 3.88. The molecule has 0 bridgehead atoms. The molecule has 0 radical (unpaired) electrons. The van der Waals surface area contributed by atoms with Gasteiger partial charge in [-0.05, 0) is 31.0 Å². The fourth-order valence-electron chi connectivity index (χ4n) is 1.96. The van der Waals surface area contributed by atoms with Crippen LogP contribution in [-0.2, 0) is 12.1 Å². The van der Waals surface area contributed by atoms with Crippen LogP contribution in [0.2, 0.25) is 0 Å². The second-order valence-electron chi connectivity index (χ2n) is 4.70. The molecule has 3 nitrogen and oxygen atoms in total. The SMILES string of the molecule is CCCn1cc(C(C)(N)c2cccc(Br)c2)cn1. The van der Waals surface area contributed by atoms with E-state index < -0.39 is 5.54 Å². The maximum absolute atomic E-state index is 6.46. The molecule has 0 aliphatic carbocycles. The van der Waals surface area contributed by atoms with Crippen LogP contribution in [0.4, 0.5) is 0 Å². The van der Waals surface area contributed by atoms with Crippen molar-refractivity contribution in [2.75, 3.05) is 0 Å². The van der Waals surface area contributed by atoms with Gasteiger partial charge >= 0.3 is 0 Å². The standard InChI is InChI=1S/C14H18BrN3/c1-3-7-18-10-12(9-17-18)14(2,16)11-5-4-6-13(15)8-11/h4-6,8-10H,3,7,16H2,1-2H3. The minimum absolute atomic E-state index is 0.518. The van der Waals surface area contributed by atoms with E-state index in [1.807, 2.05) is 42.2 Å². The lowest BCUT2D eigenvalue weighted by atomic mass is 9.88. The molecule has 2 N–H and O–H groups in total. The first-order valence-corrected chi connectivity index (χ1v) is 6.91. The van der Waals surface area contributed by atoms with Crippen LogP contribution in [0.5, 0.6) is 0 Å². The summed E-state index contributed by atoms with van der Waals surface area (Å²) >= 11 is 3.48. The Morgan fingerprint density at radius 3 is 2.83 bits per heavy atom. The lowest BCUT2D eigenvalue weighted by Gasteiger charge is -2.24. The molecule has 0 saturated heterocycles. The van der Waals surface area contributed by atoms with Crippen molar-refractivity contribution in [2.24, 2.45) is 5.73 Å². The maximum Gasteiger partial charge on any atom is 0.0668 e. The van der Waals surface area contributed by atoms with Crippen molar-refractivity contribution in [3.05, 3.63) is 52.3 Å². The van der Waals surface area contributed by atoms with Gasteiger partial charge in [-0.15, -0.1) is 0 Å². The first kappa shape index (κ1) is 13.3. The molecule has 0 saturated carbocycles. The molecule has 2 rings (SSSR count). The lowest BCUT2D eigenvalue weighted by molar-refractivity contribution is 0.586. The van der Waals surface area contributed by atoms with Gasteiger partial charge in [0.2, 0.25) is 0 Å². The highest BCUT2D eigenvalue weighted by Gasteiger charge is 2.25. The highest BCUT2D eigenvalue weighted by Crippen LogP contribution is 2.28. The van der Waals surface area contributed by atoms with Crippen LogP contribution in [-0.4, -0.2) is 9.78 Å². The van der Waals surface area contributed by atoms with E-state index in [0.29, 0.717) is 0 Å². The second-order valence-corrected chi connectivity index (χ2v) is 5.62. The Balaban J connectivity index is 2.34. The fraction of sp³-hybridized carbons (Fsp3) is 0.357. The van der Waals surface area contributed by atoms with Gasteiger partial charge < -0.3 is 5.73 Å². The molecular weight excluding hydrogens is 290 g/mol. The summed E-state index contributed by atoms with van der Waals surface area (Å²) in [6.07, 6.45) is 4.96. The molecule has 1 heterocycles. The van der Waals surface area contributed by atoms with Crippen molar-refractivity contribution in [3.8, 4) is 0 Å². The van der Waals surface area contributed by atoms with Crippen molar-refractivity contribution in [3.63, 3.8) is 0 Å². The van der Waals surface area contributed by atoms with E-state index in [1.165, 1.54) is 0 Å². The summed E-state index contributed by atoms with van der Waals surface area (Å²) in [7, 11) is 0. The van der Waals surface area contributed by atoms with Crippen LogP contribution >= 0.6 is 15.9 Å². The molecule has 4 heteroatoms. The molecular formula is C14H18BrN3. The quantitative estimate of drug-likeness (QED) is 0.942. The van der Waals surface area contributed by atoms with Gasteiger partial charge in [-0.25, -0.2) is 0 Å². The lowest BCUT2D eigenvalue weighted by Crippen LogP contribution is -2.33. The molecule has 1 unspecified atom stereocenters. The summed E-state index contributed by atoms with van der Waals surface area (Å²) in [5.74, 6) is 0. The van der Waals surface area contributed by atoms with Crippen LogP contribution in [0.1, 0.15) is 31.4 Å². The monoisotopic (exact) mass is 307 g/mol. The van der Waals surface area contributed by atoms with E-state index >= 15 is 0 Å². The largest absolute Gasteiger partial charge is 0.318 e. The average molecular weight is 308 g/mol. The van der Waals surface area contributed by atoms with Crippen LogP contribution < -0.4 is 5.73 Å². The van der Waals surface area contributed by atoms with Crippen molar-refractivity contribution in [1.82, 2.24) is 9.78 Å². The molecule has 1 aromatic carbocycles. The van der Waals surface area contributed by atoms with Gasteiger partial charge in [-0.2, -0.15) is 5.10 Å². The molecule has 0 amide bonds. The van der Waals surface area contributed by atoms with Gasteiger partial charge in [-0.3, -0.25) is 4.68 Å². The minimum atomic E-state index is -0.518. The molecule has 0 spiro atoms. The first-order valence-electron chi connectivity index (χ1n) is 6.12. The van der Waals surface area contributed by atoms with Gasteiger partial charge in [0.25, 0.3) is 0 Å². The molecule has 18 heavy (non-hydrogen) atoms. The predicted octanol–water partition coefficient (Wildman–Crippen LogP) is 3.28. The van der Waals surface area contributed by atoms with E-state index in [1.54, 1.807) is 0 Å². The highest BCUT2D eigenvalue weighted by atomic mass is 79.9. The van der Waals surface area contributed by atoms with Crippen LogP contribution in [0, 0.1) is 0 Å². The normalized spacial score (nSPS) is 14.4. The molecule has 2 aromatic rings. The molecule has 1 atom stereocenters. The van der Waals surface area contributed by atoms with Crippen molar-refractivity contribution in [1.29, 1.82) is 0 Å². The number of nitrogens with two attached hydrogens (primary N) is 1. The fourth-order valence-corrected chi connectivity index (χ4v) is 2.36. The van der Waals surface area contributed by atoms with Gasteiger partial charge in [0, 0.05) is 22.8 Å². The van der Waals surface area contributed by atoms with E-state index in [-0.39, 0.29) is 0 Å². The smallest absolute Gasteiger partial charge is 0.0668 e. The topological polar surface area (TPSA) is 43.8 Å². The van der Waals surface area contributed by atoms with Gasteiger partial charge in [0.05, 0.1) is 11.7 Å². The zero-order chi connectivity index (χ0) is 13.2. The van der Waals surface area contributed by atoms with Gasteiger partial charge in [-0.1, -0.05) is 35.0 Å². The minimum Gasteiger partial charge on any atom is -0.318 e. The Labute approximate surface area is 116 Å². The summed E-state index contributed by atoms with van der Waals surface area (Å²) in [5.41, 5.74) is 8.06. The number of aromatic nitrogens is 2. The van der Waals surface area contributed by atoms with Gasteiger partial charge in [0.1, 0.15) is 0 Å². The molecule has 96 valence electrons. The summed E-state index contributed by atoms with van der Waals surface area (Å²) in [4.78, 5) is 0. The zero-order valence-corrected chi connectivity index (χ0v) is 12.3. The van der Waals surface area contributed by atoms with Crippen LogP contribution in [0.3, 0.4) is 0 Å². The van der Waals surface area contributed by atoms with Crippen molar-refractivity contribution in [2.45, 2.75) is 32.4 Å². The van der Waals surface area contributed by atoms with E-state index in [9.17, 15) is 0 Å². The predicted molar refractivity (Wildman–Crippen MR) is 77.3 cm³/mol. The second kappa shape index (κ2) is 5.24. The number of hydrogen-bond acceptors (Lipinski definition) is 2. The maximum atomic E-state index is 6.46.